The summed E-state index contributed by atoms with van der Waals surface area (Å²) < 4.78 is 1.71. The van der Waals surface area contributed by atoms with Gasteiger partial charge in [0.15, 0.2) is 5.82 Å². The lowest BCUT2D eigenvalue weighted by Crippen LogP contribution is -2.18. The van der Waals surface area contributed by atoms with E-state index in [9.17, 15) is 9.90 Å². The van der Waals surface area contributed by atoms with E-state index in [1.54, 1.807) is 10.9 Å². The zero-order valence-corrected chi connectivity index (χ0v) is 14.5. The number of rotatable bonds is 6. The molecule has 0 radical (unpaired) electrons. The van der Waals surface area contributed by atoms with E-state index < -0.39 is 0 Å². The molecule has 2 heterocycles. The molecule has 1 aliphatic carbocycles. The van der Waals surface area contributed by atoms with Crippen LogP contribution in [0.5, 0.6) is 0 Å². The third kappa shape index (κ3) is 3.39. The Hall–Kier alpha value is -2.93. The van der Waals surface area contributed by atoms with Crippen LogP contribution >= 0.6 is 0 Å². The van der Waals surface area contributed by atoms with Crippen molar-refractivity contribution in [1.29, 1.82) is 0 Å². The van der Waals surface area contributed by atoms with Gasteiger partial charge < -0.3 is 10.4 Å². The molecule has 4 rings (SSSR count). The van der Waals surface area contributed by atoms with Crippen LogP contribution in [0.4, 0.5) is 5.82 Å². The number of benzene rings is 1. The molecule has 7 heteroatoms. The first-order valence-corrected chi connectivity index (χ1v) is 8.75. The average molecular weight is 351 g/mol. The van der Waals surface area contributed by atoms with Crippen LogP contribution in [-0.4, -0.2) is 31.0 Å². The van der Waals surface area contributed by atoms with Gasteiger partial charge in [-0.25, -0.2) is 4.68 Å². The van der Waals surface area contributed by atoms with Gasteiger partial charge in [0.25, 0.3) is 0 Å². The molecule has 0 spiro atoms. The second kappa shape index (κ2) is 6.76. The van der Waals surface area contributed by atoms with Gasteiger partial charge in [-0.2, -0.15) is 10.2 Å². The highest BCUT2D eigenvalue weighted by molar-refractivity contribution is 5.94. The minimum Gasteiger partial charge on any atom is -0.392 e. The van der Waals surface area contributed by atoms with Crippen molar-refractivity contribution in [1.82, 2.24) is 20.0 Å². The molecule has 7 nitrogen and oxygen atoms in total. The highest BCUT2D eigenvalue weighted by atomic mass is 16.3. The number of carbonyl (C=O) groups excluding carboxylic acids is 1. The predicted molar refractivity (Wildman–Crippen MR) is 97.1 cm³/mol. The summed E-state index contributed by atoms with van der Waals surface area (Å²) in [6, 6.07) is 9.40. The van der Waals surface area contributed by atoms with Crippen molar-refractivity contribution in [3.8, 4) is 5.69 Å². The number of carbonyl (C=O) groups is 1. The summed E-state index contributed by atoms with van der Waals surface area (Å²) in [6.07, 6.45) is 5.89. The Labute approximate surface area is 151 Å². The van der Waals surface area contributed by atoms with Gasteiger partial charge in [-0.15, -0.1) is 0 Å². The number of nitrogens with zero attached hydrogens (tertiary/aromatic N) is 3. The van der Waals surface area contributed by atoms with Crippen molar-refractivity contribution in [2.45, 2.75) is 38.2 Å². The number of aliphatic hydroxyl groups excluding tert-OH is 1. The number of H-pyrrole nitrogens is 1. The number of anilines is 1. The summed E-state index contributed by atoms with van der Waals surface area (Å²) in [4.78, 5) is 12.5. The average Bonchev–Trinajstić information content (AvgIpc) is 3.21. The van der Waals surface area contributed by atoms with E-state index in [2.05, 4.69) is 20.6 Å². The molecule has 26 heavy (non-hydrogen) atoms. The van der Waals surface area contributed by atoms with Crippen LogP contribution in [0, 0.1) is 0 Å². The Bertz CT molecular complexity index is 925. The summed E-state index contributed by atoms with van der Waals surface area (Å²) in [5.74, 6) is 0.652. The molecule has 134 valence electrons. The van der Waals surface area contributed by atoms with Crippen molar-refractivity contribution >= 4 is 11.7 Å². The monoisotopic (exact) mass is 351 g/mol. The fourth-order valence-electron chi connectivity index (χ4n) is 2.89. The number of aromatic amines is 1. The van der Waals surface area contributed by atoms with Gasteiger partial charge in [-0.05, 0) is 37.5 Å². The third-order valence-corrected chi connectivity index (χ3v) is 4.72. The van der Waals surface area contributed by atoms with Gasteiger partial charge in [-0.3, -0.25) is 9.89 Å². The molecule has 1 atom stereocenters. The van der Waals surface area contributed by atoms with Crippen LogP contribution in [0.15, 0.2) is 42.7 Å². The molecular weight excluding hydrogens is 330 g/mol. The van der Waals surface area contributed by atoms with E-state index in [1.165, 1.54) is 12.8 Å². The van der Waals surface area contributed by atoms with Crippen molar-refractivity contribution in [2.75, 3.05) is 5.32 Å². The van der Waals surface area contributed by atoms with Gasteiger partial charge in [0.1, 0.15) is 0 Å². The van der Waals surface area contributed by atoms with E-state index in [0.29, 0.717) is 11.7 Å². The number of hydrogen-bond donors (Lipinski definition) is 3. The normalized spacial score (nSPS) is 15.0. The van der Waals surface area contributed by atoms with Gasteiger partial charge in [0.2, 0.25) is 5.91 Å². The lowest BCUT2D eigenvalue weighted by Gasteiger charge is -2.08. The van der Waals surface area contributed by atoms with Gasteiger partial charge in [0.05, 0.1) is 24.4 Å². The van der Waals surface area contributed by atoms with Gasteiger partial charge >= 0.3 is 0 Å². The van der Waals surface area contributed by atoms with E-state index in [4.69, 9.17) is 0 Å². The lowest BCUT2D eigenvalue weighted by molar-refractivity contribution is -0.117. The Balaban J connectivity index is 1.46. The number of nitrogens with one attached hydrogen (secondary N) is 2. The SMILES string of the molecule is C[C@@H](C(=O)Nc1cc(C2CC2)[nH]n1)c1cnn(-c2cccc(CO)c2)c1. The minimum absolute atomic E-state index is 0.0206. The van der Waals surface area contributed by atoms with E-state index in [0.717, 1.165) is 22.5 Å². The molecule has 3 aromatic rings. The lowest BCUT2D eigenvalue weighted by atomic mass is 10.0. The van der Waals surface area contributed by atoms with Gasteiger partial charge in [-0.1, -0.05) is 12.1 Å². The largest absolute Gasteiger partial charge is 0.392 e. The van der Waals surface area contributed by atoms with Crippen LogP contribution in [0.1, 0.15) is 48.4 Å². The maximum absolute atomic E-state index is 12.5. The molecule has 3 N–H and O–H groups in total. The smallest absolute Gasteiger partial charge is 0.232 e. The first kappa shape index (κ1) is 16.5. The summed E-state index contributed by atoms with van der Waals surface area (Å²) >= 11 is 0. The molecule has 1 aromatic carbocycles. The first-order chi connectivity index (χ1) is 12.6. The zero-order chi connectivity index (χ0) is 18.1. The second-order valence-corrected chi connectivity index (χ2v) is 6.74. The Kier molecular flexibility index (Phi) is 4.30. The Morgan fingerprint density at radius 3 is 3.04 bits per heavy atom. The quantitative estimate of drug-likeness (QED) is 0.636. The fourth-order valence-corrected chi connectivity index (χ4v) is 2.89. The summed E-state index contributed by atoms with van der Waals surface area (Å²) in [5, 5.41) is 23.6. The van der Waals surface area contributed by atoms with E-state index in [1.807, 2.05) is 43.5 Å². The fraction of sp³-hybridized carbons (Fsp3) is 0.316. The molecular formula is C19H21N5O2. The Morgan fingerprint density at radius 1 is 1.42 bits per heavy atom. The minimum atomic E-state index is -0.356. The van der Waals surface area contributed by atoms with Crippen LogP contribution in [0.25, 0.3) is 5.69 Å². The van der Waals surface area contributed by atoms with E-state index in [-0.39, 0.29) is 18.4 Å². The molecule has 1 amide bonds. The maximum atomic E-state index is 12.5. The second-order valence-electron chi connectivity index (χ2n) is 6.74. The molecule has 0 bridgehead atoms. The molecule has 0 saturated heterocycles. The van der Waals surface area contributed by atoms with Crippen molar-refractivity contribution in [3.05, 3.63) is 59.5 Å². The van der Waals surface area contributed by atoms with Crippen LogP contribution in [0.3, 0.4) is 0 Å². The molecule has 0 aliphatic heterocycles. The van der Waals surface area contributed by atoms with Crippen molar-refractivity contribution < 1.29 is 9.90 Å². The van der Waals surface area contributed by atoms with Crippen LogP contribution in [0.2, 0.25) is 0 Å². The molecule has 2 aromatic heterocycles. The topological polar surface area (TPSA) is 95.8 Å². The number of aromatic nitrogens is 4. The highest BCUT2D eigenvalue weighted by Crippen LogP contribution is 2.39. The summed E-state index contributed by atoms with van der Waals surface area (Å²) in [5.41, 5.74) is 3.56. The van der Waals surface area contributed by atoms with Crippen LogP contribution < -0.4 is 5.32 Å². The molecule has 1 aliphatic rings. The first-order valence-electron chi connectivity index (χ1n) is 8.75. The van der Waals surface area contributed by atoms with Gasteiger partial charge in [0, 0.05) is 29.4 Å². The highest BCUT2D eigenvalue weighted by Gasteiger charge is 2.26. The van der Waals surface area contributed by atoms with Crippen molar-refractivity contribution in [3.63, 3.8) is 0 Å². The zero-order valence-electron chi connectivity index (χ0n) is 14.5. The molecule has 1 fully saturated rings. The van der Waals surface area contributed by atoms with Crippen LogP contribution in [-0.2, 0) is 11.4 Å². The standard InChI is InChI=1S/C19H21N5O2/c1-12(19(26)21-18-8-17(22-23-18)14-5-6-14)15-9-20-24(10-15)16-4-2-3-13(7-16)11-25/h2-4,7-10,12,14,25H,5-6,11H2,1H3,(H2,21,22,23,26)/t12-/m1/s1. The molecule has 1 saturated carbocycles. The number of hydrogen-bond acceptors (Lipinski definition) is 4. The van der Waals surface area contributed by atoms with Crippen molar-refractivity contribution in [2.24, 2.45) is 0 Å². The number of aliphatic hydroxyl groups is 1. The Morgan fingerprint density at radius 2 is 2.27 bits per heavy atom. The summed E-state index contributed by atoms with van der Waals surface area (Å²) in [6.45, 7) is 1.82. The van der Waals surface area contributed by atoms with E-state index >= 15 is 0 Å². The molecule has 0 unspecified atom stereocenters. The predicted octanol–water partition coefficient (Wildman–Crippen LogP) is 2.71. The number of amides is 1. The third-order valence-electron chi connectivity index (χ3n) is 4.72. The summed E-state index contributed by atoms with van der Waals surface area (Å²) in [7, 11) is 0. The maximum Gasteiger partial charge on any atom is 0.232 e.